The van der Waals surface area contributed by atoms with Gasteiger partial charge in [-0.1, -0.05) is 64.1 Å². The molecule has 4 rings (SSSR count). The predicted molar refractivity (Wildman–Crippen MR) is 126 cm³/mol. The number of hydrogen-bond acceptors (Lipinski definition) is 1. The van der Waals surface area contributed by atoms with Gasteiger partial charge in [0.05, 0.1) is 11.1 Å². The standard InChI is InChI=1S/C28H27F3O2/c1-26(2)10-11-27(3,4)24-16-20-12-17(8-9-18(20)15-23(24)26)13-22(25(32)33)19-6-5-7-21(14-19)28(29,30)31/h5-9,12-16H,10-11H2,1-4H3,(H,32,33). The highest BCUT2D eigenvalue weighted by Gasteiger charge is 2.37. The maximum atomic E-state index is 13.1. The largest absolute Gasteiger partial charge is 0.478 e. The monoisotopic (exact) mass is 452 g/mol. The second-order valence-corrected chi connectivity index (χ2v) is 10.2. The lowest BCUT2D eigenvalue weighted by Gasteiger charge is -2.42. The van der Waals surface area contributed by atoms with Gasteiger partial charge in [0.15, 0.2) is 0 Å². The Kier molecular flexibility index (Phi) is 5.43. The molecule has 0 amide bonds. The summed E-state index contributed by atoms with van der Waals surface area (Å²) in [4.78, 5) is 11.9. The van der Waals surface area contributed by atoms with E-state index in [0.717, 1.165) is 35.7 Å². The Morgan fingerprint density at radius 2 is 1.48 bits per heavy atom. The number of aliphatic carboxylic acids is 1. The Labute approximate surface area is 191 Å². The summed E-state index contributed by atoms with van der Waals surface area (Å²) in [5.74, 6) is -1.28. The van der Waals surface area contributed by atoms with Gasteiger partial charge in [0.25, 0.3) is 0 Å². The van der Waals surface area contributed by atoms with E-state index in [1.54, 1.807) is 0 Å². The molecule has 2 nitrogen and oxygen atoms in total. The van der Waals surface area contributed by atoms with Gasteiger partial charge in [-0.25, -0.2) is 4.79 Å². The number of carbonyl (C=O) groups is 1. The summed E-state index contributed by atoms with van der Waals surface area (Å²) in [6.07, 6.45) is -0.914. The van der Waals surface area contributed by atoms with Crippen LogP contribution in [0.3, 0.4) is 0 Å². The van der Waals surface area contributed by atoms with Gasteiger partial charge in [-0.3, -0.25) is 0 Å². The smallest absolute Gasteiger partial charge is 0.416 e. The molecule has 0 radical (unpaired) electrons. The zero-order chi connectivity index (χ0) is 24.2. The lowest BCUT2D eigenvalue weighted by Crippen LogP contribution is -2.33. The van der Waals surface area contributed by atoms with E-state index in [0.29, 0.717) is 5.56 Å². The van der Waals surface area contributed by atoms with Crippen LogP contribution in [0.4, 0.5) is 13.2 Å². The molecule has 0 unspecified atom stereocenters. The van der Waals surface area contributed by atoms with E-state index < -0.39 is 17.7 Å². The van der Waals surface area contributed by atoms with Crippen LogP contribution < -0.4 is 0 Å². The third kappa shape index (κ3) is 4.41. The minimum absolute atomic E-state index is 0.0192. The Bertz CT molecular complexity index is 1280. The van der Waals surface area contributed by atoms with E-state index in [9.17, 15) is 23.1 Å². The Morgan fingerprint density at radius 3 is 2.06 bits per heavy atom. The summed E-state index contributed by atoms with van der Waals surface area (Å²) in [6.45, 7) is 9.01. The van der Waals surface area contributed by atoms with Crippen LogP contribution in [0.25, 0.3) is 22.4 Å². The number of alkyl halides is 3. The van der Waals surface area contributed by atoms with E-state index in [-0.39, 0.29) is 22.0 Å². The van der Waals surface area contributed by atoms with Crippen LogP contribution in [-0.4, -0.2) is 11.1 Å². The first-order valence-corrected chi connectivity index (χ1v) is 11.0. The average Bonchev–Trinajstić information content (AvgIpc) is 2.73. The average molecular weight is 453 g/mol. The van der Waals surface area contributed by atoms with E-state index in [4.69, 9.17) is 0 Å². The quantitative estimate of drug-likeness (QED) is 0.325. The number of carboxylic acids is 1. The van der Waals surface area contributed by atoms with Crippen molar-refractivity contribution >= 4 is 28.4 Å². The third-order valence-corrected chi connectivity index (χ3v) is 6.88. The van der Waals surface area contributed by atoms with Crippen molar-refractivity contribution in [3.8, 4) is 0 Å². The van der Waals surface area contributed by atoms with Gasteiger partial charge >= 0.3 is 12.1 Å². The molecule has 0 spiro atoms. The maximum absolute atomic E-state index is 13.1. The number of carboxylic acid groups (broad SMARTS) is 1. The van der Waals surface area contributed by atoms with Crippen molar-refractivity contribution < 1.29 is 23.1 Å². The molecule has 0 aliphatic heterocycles. The molecule has 0 saturated carbocycles. The van der Waals surface area contributed by atoms with Gasteiger partial charge in [0, 0.05) is 0 Å². The fourth-order valence-electron chi connectivity index (χ4n) is 4.72. The van der Waals surface area contributed by atoms with E-state index in [1.807, 2.05) is 18.2 Å². The van der Waals surface area contributed by atoms with Crippen LogP contribution in [0.1, 0.15) is 68.4 Å². The van der Waals surface area contributed by atoms with Crippen LogP contribution in [0, 0.1) is 0 Å². The first-order chi connectivity index (χ1) is 15.3. The second kappa shape index (κ2) is 7.75. The number of fused-ring (bicyclic) bond motifs is 2. The summed E-state index contributed by atoms with van der Waals surface area (Å²) in [5, 5.41) is 11.8. The number of halogens is 3. The van der Waals surface area contributed by atoms with Crippen LogP contribution >= 0.6 is 0 Å². The molecule has 1 aliphatic carbocycles. The third-order valence-electron chi connectivity index (χ3n) is 6.88. The van der Waals surface area contributed by atoms with Crippen molar-refractivity contribution in [1.29, 1.82) is 0 Å². The highest BCUT2D eigenvalue weighted by atomic mass is 19.4. The molecule has 0 fully saturated rings. The Balaban J connectivity index is 1.83. The van der Waals surface area contributed by atoms with Gasteiger partial charge in [-0.05, 0) is 81.0 Å². The summed E-state index contributed by atoms with van der Waals surface area (Å²) < 4.78 is 39.4. The summed E-state index contributed by atoms with van der Waals surface area (Å²) in [6, 6.07) is 14.5. The zero-order valence-corrected chi connectivity index (χ0v) is 19.2. The molecule has 0 aromatic heterocycles. The lowest BCUT2D eigenvalue weighted by atomic mass is 9.63. The van der Waals surface area contributed by atoms with Crippen molar-refractivity contribution in [2.24, 2.45) is 0 Å². The summed E-state index contributed by atoms with van der Waals surface area (Å²) >= 11 is 0. The van der Waals surface area contributed by atoms with Crippen LogP contribution in [0.15, 0.2) is 54.6 Å². The van der Waals surface area contributed by atoms with Crippen molar-refractivity contribution in [2.45, 2.75) is 57.5 Å². The zero-order valence-electron chi connectivity index (χ0n) is 19.2. The minimum atomic E-state index is -4.54. The minimum Gasteiger partial charge on any atom is -0.478 e. The van der Waals surface area contributed by atoms with Crippen LogP contribution in [-0.2, 0) is 21.8 Å². The topological polar surface area (TPSA) is 37.3 Å². The highest BCUT2D eigenvalue weighted by Crippen LogP contribution is 2.47. The lowest BCUT2D eigenvalue weighted by molar-refractivity contribution is -0.137. The van der Waals surface area contributed by atoms with Gasteiger partial charge in [-0.2, -0.15) is 13.2 Å². The fourth-order valence-corrected chi connectivity index (χ4v) is 4.72. The molecule has 0 bridgehead atoms. The van der Waals surface area contributed by atoms with Crippen molar-refractivity contribution in [3.05, 3.63) is 82.4 Å². The molecule has 172 valence electrons. The molecule has 0 atom stereocenters. The normalized spacial score (nSPS) is 17.6. The van der Waals surface area contributed by atoms with Gasteiger partial charge in [0.2, 0.25) is 0 Å². The van der Waals surface area contributed by atoms with Crippen molar-refractivity contribution in [2.75, 3.05) is 0 Å². The Morgan fingerprint density at radius 1 is 0.879 bits per heavy atom. The van der Waals surface area contributed by atoms with Crippen molar-refractivity contribution in [3.63, 3.8) is 0 Å². The molecule has 0 saturated heterocycles. The fraction of sp³-hybridized carbons (Fsp3) is 0.321. The second-order valence-electron chi connectivity index (χ2n) is 10.2. The highest BCUT2D eigenvalue weighted by molar-refractivity contribution is 6.20. The summed E-state index contributed by atoms with van der Waals surface area (Å²) in [7, 11) is 0. The molecule has 1 N–H and O–H groups in total. The van der Waals surface area contributed by atoms with Gasteiger partial charge < -0.3 is 5.11 Å². The molecule has 1 aliphatic rings. The van der Waals surface area contributed by atoms with Crippen LogP contribution in [0.5, 0.6) is 0 Å². The molecular formula is C28H27F3O2. The molecule has 3 aromatic carbocycles. The predicted octanol–water partition coefficient (Wildman–Crippen LogP) is 7.83. The van der Waals surface area contributed by atoms with Crippen molar-refractivity contribution in [1.82, 2.24) is 0 Å². The van der Waals surface area contributed by atoms with E-state index in [1.165, 1.54) is 29.3 Å². The SMILES string of the molecule is CC1(C)CCC(C)(C)c2cc3cc(C=C(C(=O)O)c4cccc(C(F)(F)F)c4)ccc3cc21. The first-order valence-electron chi connectivity index (χ1n) is 11.0. The molecule has 33 heavy (non-hydrogen) atoms. The molecular weight excluding hydrogens is 425 g/mol. The van der Waals surface area contributed by atoms with Gasteiger partial charge in [-0.15, -0.1) is 0 Å². The van der Waals surface area contributed by atoms with Gasteiger partial charge in [0.1, 0.15) is 0 Å². The summed E-state index contributed by atoms with van der Waals surface area (Å²) in [5.41, 5.74) is 2.35. The van der Waals surface area contributed by atoms with Crippen LogP contribution in [0.2, 0.25) is 0 Å². The maximum Gasteiger partial charge on any atom is 0.416 e. The Hall–Kier alpha value is -3.08. The first kappa shape index (κ1) is 23.1. The molecule has 3 aromatic rings. The number of rotatable bonds is 3. The molecule has 0 heterocycles. The molecule has 5 heteroatoms. The number of hydrogen-bond donors (Lipinski definition) is 1. The van der Waals surface area contributed by atoms with E-state index >= 15 is 0 Å². The number of benzene rings is 3. The van der Waals surface area contributed by atoms with E-state index in [2.05, 4.69) is 39.8 Å².